The maximum Gasteiger partial charge on any atom is 0.245 e. The molecular formula is C18H31N3O3. The van der Waals surface area contributed by atoms with Crippen molar-refractivity contribution >= 4 is 17.6 Å². The van der Waals surface area contributed by atoms with Gasteiger partial charge in [0, 0.05) is 19.0 Å². The van der Waals surface area contributed by atoms with Gasteiger partial charge in [-0.3, -0.25) is 9.59 Å². The highest BCUT2D eigenvalue weighted by atomic mass is 16.5. The number of hydrogen-bond acceptors (Lipinski definition) is 4. The largest absolute Gasteiger partial charge is 0.360 e. The van der Waals surface area contributed by atoms with Crippen LogP contribution in [0.2, 0.25) is 0 Å². The Morgan fingerprint density at radius 2 is 1.83 bits per heavy atom. The zero-order valence-electron chi connectivity index (χ0n) is 15.3. The third-order valence-electron chi connectivity index (χ3n) is 3.86. The fourth-order valence-corrected chi connectivity index (χ4v) is 2.49. The predicted octanol–water partition coefficient (Wildman–Crippen LogP) is 3.91. The number of carbonyl (C=O) groups excluding carboxylic acids is 2. The van der Waals surface area contributed by atoms with Gasteiger partial charge >= 0.3 is 0 Å². The Bertz CT molecular complexity index is 499. The van der Waals surface area contributed by atoms with Crippen molar-refractivity contribution in [2.75, 3.05) is 18.4 Å². The monoisotopic (exact) mass is 337 g/mol. The summed E-state index contributed by atoms with van der Waals surface area (Å²) in [6.45, 7) is 6.73. The van der Waals surface area contributed by atoms with Gasteiger partial charge in [-0.25, -0.2) is 0 Å². The van der Waals surface area contributed by atoms with Crippen molar-refractivity contribution in [3.63, 3.8) is 0 Å². The van der Waals surface area contributed by atoms with E-state index in [0.717, 1.165) is 44.9 Å². The number of anilines is 1. The lowest BCUT2D eigenvalue weighted by Gasteiger charge is -2.22. The van der Waals surface area contributed by atoms with Gasteiger partial charge in [0.2, 0.25) is 11.8 Å². The molecule has 1 aromatic rings. The lowest BCUT2D eigenvalue weighted by Crippen LogP contribution is -2.38. The minimum atomic E-state index is -0.235. The van der Waals surface area contributed by atoms with E-state index in [2.05, 4.69) is 24.3 Å². The molecule has 6 heteroatoms. The van der Waals surface area contributed by atoms with Gasteiger partial charge in [-0.1, -0.05) is 51.1 Å². The summed E-state index contributed by atoms with van der Waals surface area (Å²) in [5.74, 6) is 0.855. The van der Waals surface area contributed by atoms with E-state index in [-0.39, 0.29) is 18.4 Å². The summed E-state index contributed by atoms with van der Waals surface area (Å²) in [5.41, 5.74) is 0. The number of unbranched alkanes of at least 4 members (excludes halogenated alkanes) is 5. The van der Waals surface area contributed by atoms with Crippen molar-refractivity contribution in [2.45, 2.75) is 72.1 Å². The fraction of sp³-hybridized carbons (Fsp3) is 0.722. The first-order valence-corrected chi connectivity index (χ1v) is 9.07. The molecule has 1 heterocycles. The zero-order chi connectivity index (χ0) is 17.8. The average molecular weight is 337 g/mol. The quantitative estimate of drug-likeness (QED) is 0.587. The second-order valence-electron chi connectivity index (χ2n) is 6.20. The van der Waals surface area contributed by atoms with Crippen LogP contribution in [0.5, 0.6) is 0 Å². The van der Waals surface area contributed by atoms with Crippen LogP contribution in [-0.2, 0) is 9.59 Å². The third kappa shape index (κ3) is 8.13. The molecule has 1 aromatic heterocycles. The van der Waals surface area contributed by atoms with Crippen molar-refractivity contribution in [3.05, 3.63) is 11.8 Å². The number of hydrogen-bond donors (Lipinski definition) is 1. The summed E-state index contributed by atoms with van der Waals surface area (Å²) in [7, 11) is 0. The first kappa shape index (κ1) is 20.2. The van der Waals surface area contributed by atoms with Crippen LogP contribution < -0.4 is 5.32 Å². The van der Waals surface area contributed by atoms with E-state index >= 15 is 0 Å². The van der Waals surface area contributed by atoms with Gasteiger partial charge in [-0.15, -0.1) is 0 Å². The zero-order valence-corrected chi connectivity index (χ0v) is 15.3. The van der Waals surface area contributed by atoms with E-state index < -0.39 is 0 Å². The van der Waals surface area contributed by atoms with Crippen molar-refractivity contribution in [2.24, 2.45) is 0 Å². The minimum Gasteiger partial charge on any atom is -0.360 e. The number of aryl methyl sites for hydroxylation is 1. The van der Waals surface area contributed by atoms with Gasteiger partial charge < -0.3 is 14.7 Å². The molecule has 0 aromatic carbocycles. The molecule has 1 rings (SSSR count). The number of amides is 2. The smallest absolute Gasteiger partial charge is 0.245 e. The average Bonchev–Trinajstić information content (AvgIpc) is 2.95. The summed E-state index contributed by atoms with van der Waals surface area (Å²) in [5, 5.41) is 6.42. The molecule has 0 aliphatic heterocycles. The Labute approximate surface area is 145 Å². The Morgan fingerprint density at radius 3 is 2.46 bits per heavy atom. The number of nitrogens with one attached hydrogen (secondary N) is 1. The van der Waals surface area contributed by atoms with Gasteiger partial charge in [0.1, 0.15) is 5.76 Å². The lowest BCUT2D eigenvalue weighted by atomic mass is 10.1. The standard InChI is InChI=1S/C18H31N3O3/c1-4-6-8-9-11-18(23)21(12-10-7-5-2)14-17(22)19-16-13-15(3)24-20-16/h13H,4-12,14H2,1-3H3,(H,19,20,22). The first-order valence-electron chi connectivity index (χ1n) is 9.07. The van der Waals surface area contributed by atoms with Crippen molar-refractivity contribution in [3.8, 4) is 0 Å². The second kappa shape index (κ2) is 11.6. The highest BCUT2D eigenvalue weighted by molar-refractivity contribution is 5.93. The summed E-state index contributed by atoms with van der Waals surface area (Å²) in [4.78, 5) is 26.2. The first-order chi connectivity index (χ1) is 11.6. The van der Waals surface area contributed by atoms with Crippen LogP contribution in [0.1, 0.15) is 71.0 Å². The SMILES string of the molecule is CCCCCCC(=O)N(CCCCC)CC(=O)Nc1cc(C)on1. The van der Waals surface area contributed by atoms with Crippen LogP contribution >= 0.6 is 0 Å². The van der Waals surface area contributed by atoms with Gasteiger partial charge in [0.15, 0.2) is 5.82 Å². The molecule has 2 amide bonds. The summed E-state index contributed by atoms with van der Waals surface area (Å²) < 4.78 is 4.93. The normalized spacial score (nSPS) is 10.6. The fourth-order valence-electron chi connectivity index (χ4n) is 2.49. The van der Waals surface area contributed by atoms with Crippen molar-refractivity contribution in [1.29, 1.82) is 0 Å². The van der Waals surface area contributed by atoms with E-state index in [4.69, 9.17) is 4.52 Å². The molecule has 0 saturated carbocycles. The van der Waals surface area contributed by atoms with Crippen LogP contribution in [-0.4, -0.2) is 35.0 Å². The molecule has 0 saturated heterocycles. The van der Waals surface area contributed by atoms with Crippen LogP contribution in [0, 0.1) is 6.92 Å². The number of carbonyl (C=O) groups is 2. The number of rotatable bonds is 12. The Morgan fingerprint density at radius 1 is 1.12 bits per heavy atom. The summed E-state index contributed by atoms with van der Waals surface area (Å²) in [6.07, 6.45) is 7.84. The van der Waals surface area contributed by atoms with Gasteiger partial charge in [0.25, 0.3) is 0 Å². The highest BCUT2D eigenvalue weighted by Crippen LogP contribution is 2.09. The lowest BCUT2D eigenvalue weighted by molar-refractivity contribution is -0.134. The molecule has 136 valence electrons. The van der Waals surface area contributed by atoms with Crippen LogP contribution in [0.3, 0.4) is 0 Å². The Hall–Kier alpha value is -1.85. The molecule has 0 aliphatic carbocycles. The van der Waals surface area contributed by atoms with E-state index in [9.17, 15) is 9.59 Å². The molecule has 6 nitrogen and oxygen atoms in total. The van der Waals surface area contributed by atoms with Crippen LogP contribution in [0.15, 0.2) is 10.6 Å². The Kier molecular flexibility index (Phi) is 9.80. The topological polar surface area (TPSA) is 75.4 Å². The minimum absolute atomic E-state index is 0.0636. The maximum absolute atomic E-state index is 12.4. The molecule has 0 aliphatic rings. The van der Waals surface area contributed by atoms with Gasteiger partial charge in [-0.2, -0.15) is 0 Å². The highest BCUT2D eigenvalue weighted by Gasteiger charge is 2.17. The molecule has 0 bridgehead atoms. The van der Waals surface area contributed by atoms with E-state index in [1.165, 1.54) is 0 Å². The molecule has 0 spiro atoms. The van der Waals surface area contributed by atoms with E-state index in [0.29, 0.717) is 24.5 Å². The second-order valence-corrected chi connectivity index (χ2v) is 6.20. The van der Waals surface area contributed by atoms with Crippen LogP contribution in [0.25, 0.3) is 0 Å². The number of aromatic nitrogens is 1. The number of nitrogens with zero attached hydrogens (tertiary/aromatic N) is 2. The molecular weight excluding hydrogens is 306 g/mol. The molecule has 24 heavy (non-hydrogen) atoms. The maximum atomic E-state index is 12.4. The van der Waals surface area contributed by atoms with E-state index in [1.54, 1.807) is 17.9 Å². The van der Waals surface area contributed by atoms with Crippen molar-refractivity contribution in [1.82, 2.24) is 10.1 Å². The summed E-state index contributed by atoms with van der Waals surface area (Å²) in [6, 6.07) is 1.66. The third-order valence-corrected chi connectivity index (χ3v) is 3.86. The Balaban J connectivity index is 2.49. The van der Waals surface area contributed by atoms with Crippen molar-refractivity contribution < 1.29 is 14.1 Å². The van der Waals surface area contributed by atoms with Crippen LogP contribution in [0.4, 0.5) is 5.82 Å². The molecule has 0 fully saturated rings. The predicted molar refractivity (Wildman–Crippen MR) is 94.7 cm³/mol. The van der Waals surface area contributed by atoms with E-state index in [1.807, 2.05) is 0 Å². The molecule has 0 atom stereocenters. The van der Waals surface area contributed by atoms with Gasteiger partial charge in [0.05, 0.1) is 6.54 Å². The summed E-state index contributed by atoms with van der Waals surface area (Å²) >= 11 is 0. The molecule has 0 radical (unpaired) electrons. The molecule has 1 N–H and O–H groups in total. The van der Waals surface area contributed by atoms with Gasteiger partial charge in [-0.05, 0) is 19.8 Å². The molecule has 0 unspecified atom stereocenters.